The van der Waals surface area contributed by atoms with E-state index in [1.54, 1.807) is 6.20 Å². The molecule has 0 aliphatic rings. The number of anilines is 2. The molecule has 0 radical (unpaired) electrons. The maximum Gasteiger partial charge on any atom is 0.126 e. The summed E-state index contributed by atoms with van der Waals surface area (Å²) in [5, 5.41) is 3.29. The zero-order chi connectivity index (χ0) is 12.7. The molecule has 4 nitrogen and oxygen atoms in total. The molecule has 0 aromatic carbocycles. The Morgan fingerprint density at radius 2 is 2.12 bits per heavy atom. The first-order chi connectivity index (χ1) is 8.09. The van der Waals surface area contributed by atoms with Crippen LogP contribution in [0.2, 0.25) is 0 Å². The molecule has 1 heterocycles. The lowest BCUT2D eigenvalue weighted by Gasteiger charge is -2.20. The fourth-order valence-electron chi connectivity index (χ4n) is 1.47. The van der Waals surface area contributed by atoms with Crippen molar-refractivity contribution in [2.24, 2.45) is 0 Å². The zero-order valence-electron chi connectivity index (χ0n) is 11.1. The van der Waals surface area contributed by atoms with E-state index in [0.29, 0.717) is 11.7 Å². The van der Waals surface area contributed by atoms with Crippen LogP contribution in [0, 0.1) is 0 Å². The second-order valence-corrected chi connectivity index (χ2v) is 4.69. The van der Waals surface area contributed by atoms with E-state index in [1.165, 1.54) is 6.42 Å². The van der Waals surface area contributed by atoms with Crippen molar-refractivity contribution in [1.29, 1.82) is 0 Å². The maximum absolute atomic E-state index is 5.57. The summed E-state index contributed by atoms with van der Waals surface area (Å²) in [6.45, 7) is 6.55. The van der Waals surface area contributed by atoms with Crippen LogP contribution in [-0.2, 0) is 0 Å². The molecule has 17 heavy (non-hydrogen) atoms. The molecule has 0 bridgehead atoms. The van der Waals surface area contributed by atoms with Gasteiger partial charge in [0.25, 0.3) is 0 Å². The number of nitrogens with zero attached hydrogens (tertiary/aromatic N) is 2. The van der Waals surface area contributed by atoms with Gasteiger partial charge in [0.15, 0.2) is 0 Å². The van der Waals surface area contributed by atoms with E-state index in [-0.39, 0.29) is 0 Å². The standard InChI is InChI=1S/C13H24N4/c1-11(2)17(3)9-5-4-8-15-13-7-6-12(14)10-16-13/h6-7,10-11H,4-5,8-9,14H2,1-3H3,(H,15,16). The van der Waals surface area contributed by atoms with Gasteiger partial charge in [-0.15, -0.1) is 0 Å². The van der Waals surface area contributed by atoms with Crippen molar-refractivity contribution in [3.8, 4) is 0 Å². The molecule has 0 aliphatic heterocycles. The first-order valence-corrected chi connectivity index (χ1v) is 6.25. The Kier molecular flexibility index (Phi) is 5.77. The van der Waals surface area contributed by atoms with Gasteiger partial charge in [0, 0.05) is 12.6 Å². The number of nitrogens with two attached hydrogens (primary N) is 1. The van der Waals surface area contributed by atoms with E-state index in [2.05, 4.69) is 36.1 Å². The highest BCUT2D eigenvalue weighted by molar-refractivity contribution is 5.43. The molecule has 1 rings (SSSR count). The minimum Gasteiger partial charge on any atom is -0.397 e. The monoisotopic (exact) mass is 236 g/mol. The van der Waals surface area contributed by atoms with Crippen LogP contribution in [0.3, 0.4) is 0 Å². The van der Waals surface area contributed by atoms with Gasteiger partial charge in [-0.1, -0.05) is 0 Å². The van der Waals surface area contributed by atoms with Gasteiger partial charge >= 0.3 is 0 Å². The van der Waals surface area contributed by atoms with E-state index < -0.39 is 0 Å². The minimum atomic E-state index is 0.627. The summed E-state index contributed by atoms with van der Waals surface area (Å²) in [6.07, 6.45) is 4.04. The number of nitrogen functional groups attached to an aromatic ring is 1. The lowest BCUT2D eigenvalue weighted by atomic mass is 10.2. The largest absolute Gasteiger partial charge is 0.397 e. The van der Waals surface area contributed by atoms with E-state index >= 15 is 0 Å². The van der Waals surface area contributed by atoms with Gasteiger partial charge in [-0.25, -0.2) is 4.98 Å². The van der Waals surface area contributed by atoms with Crippen molar-refractivity contribution in [3.05, 3.63) is 18.3 Å². The van der Waals surface area contributed by atoms with Crippen LogP contribution in [0.15, 0.2) is 18.3 Å². The summed E-state index contributed by atoms with van der Waals surface area (Å²) in [4.78, 5) is 6.56. The van der Waals surface area contributed by atoms with E-state index in [0.717, 1.165) is 25.3 Å². The molecule has 96 valence electrons. The van der Waals surface area contributed by atoms with Crippen molar-refractivity contribution in [1.82, 2.24) is 9.88 Å². The number of hydrogen-bond donors (Lipinski definition) is 2. The van der Waals surface area contributed by atoms with Crippen LogP contribution in [0.1, 0.15) is 26.7 Å². The average molecular weight is 236 g/mol. The van der Waals surface area contributed by atoms with Crippen LogP contribution in [-0.4, -0.2) is 36.1 Å². The Balaban J connectivity index is 2.10. The summed E-state index contributed by atoms with van der Waals surface area (Å²) in [5.41, 5.74) is 6.27. The molecule has 0 spiro atoms. The molecule has 0 aliphatic carbocycles. The molecule has 0 saturated heterocycles. The third-order valence-corrected chi connectivity index (χ3v) is 2.91. The average Bonchev–Trinajstić information content (AvgIpc) is 2.30. The van der Waals surface area contributed by atoms with Gasteiger partial charge in [-0.05, 0) is 52.4 Å². The number of pyridine rings is 1. The zero-order valence-corrected chi connectivity index (χ0v) is 11.1. The third kappa shape index (κ3) is 5.54. The number of hydrogen-bond acceptors (Lipinski definition) is 4. The smallest absolute Gasteiger partial charge is 0.126 e. The van der Waals surface area contributed by atoms with Crippen LogP contribution in [0.25, 0.3) is 0 Å². The predicted molar refractivity (Wildman–Crippen MR) is 74.1 cm³/mol. The second-order valence-electron chi connectivity index (χ2n) is 4.69. The molecule has 1 aromatic heterocycles. The van der Waals surface area contributed by atoms with E-state index in [1.807, 2.05) is 12.1 Å². The summed E-state index contributed by atoms with van der Waals surface area (Å²) in [5.74, 6) is 0.899. The summed E-state index contributed by atoms with van der Waals surface area (Å²) >= 11 is 0. The predicted octanol–water partition coefficient (Wildman–Crippen LogP) is 2.20. The van der Waals surface area contributed by atoms with Crippen LogP contribution in [0.5, 0.6) is 0 Å². The van der Waals surface area contributed by atoms with Crippen molar-refractivity contribution in [2.75, 3.05) is 31.2 Å². The maximum atomic E-state index is 5.57. The highest BCUT2D eigenvalue weighted by Crippen LogP contribution is 2.06. The number of rotatable bonds is 7. The molecular weight excluding hydrogens is 212 g/mol. The Labute approximate surface area is 104 Å². The molecule has 4 heteroatoms. The van der Waals surface area contributed by atoms with Gasteiger partial charge < -0.3 is 16.0 Å². The first-order valence-electron chi connectivity index (χ1n) is 6.25. The summed E-state index contributed by atoms with van der Waals surface area (Å²) in [7, 11) is 2.17. The topological polar surface area (TPSA) is 54.2 Å². The summed E-state index contributed by atoms with van der Waals surface area (Å²) in [6, 6.07) is 4.40. The van der Waals surface area contributed by atoms with Crippen LogP contribution in [0.4, 0.5) is 11.5 Å². The molecule has 0 fully saturated rings. The number of aromatic nitrogens is 1. The highest BCUT2D eigenvalue weighted by Gasteiger charge is 2.01. The first kappa shape index (κ1) is 13.8. The van der Waals surface area contributed by atoms with Crippen molar-refractivity contribution in [3.63, 3.8) is 0 Å². The number of unbranched alkanes of at least 4 members (excludes halogenated alkanes) is 1. The lowest BCUT2D eigenvalue weighted by molar-refractivity contribution is 0.269. The van der Waals surface area contributed by atoms with Gasteiger partial charge in [0.2, 0.25) is 0 Å². The molecule has 0 atom stereocenters. The fourth-order valence-corrected chi connectivity index (χ4v) is 1.47. The minimum absolute atomic E-state index is 0.627. The van der Waals surface area contributed by atoms with E-state index in [9.17, 15) is 0 Å². The van der Waals surface area contributed by atoms with Crippen LogP contribution >= 0.6 is 0 Å². The highest BCUT2D eigenvalue weighted by atomic mass is 15.1. The van der Waals surface area contributed by atoms with Crippen molar-refractivity contribution >= 4 is 11.5 Å². The van der Waals surface area contributed by atoms with Gasteiger partial charge in [0.1, 0.15) is 5.82 Å². The van der Waals surface area contributed by atoms with Crippen molar-refractivity contribution in [2.45, 2.75) is 32.7 Å². The van der Waals surface area contributed by atoms with Crippen LogP contribution < -0.4 is 11.1 Å². The summed E-state index contributed by atoms with van der Waals surface area (Å²) < 4.78 is 0. The lowest BCUT2D eigenvalue weighted by Crippen LogP contribution is -2.27. The Hall–Kier alpha value is -1.29. The van der Waals surface area contributed by atoms with Gasteiger partial charge in [0.05, 0.1) is 11.9 Å². The Morgan fingerprint density at radius 3 is 2.71 bits per heavy atom. The molecule has 1 aromatic rings. The van der Waals surface area contributed by atoms with Crippen molar-refractivity contribution < 1.29 is 0 Å². The quantitative estimate of drug-likeness (QED) is 0.713. The Morgan fingerprint density at radius 1 is 1.35 bits per heavy atom. The molecule has 3 N–H and O–H groups in total. The SMILES string of the molecule is CC(C)N(C)CCCCNc1ccc(N)cn1. The van der Waals surface area contributed by atoms with Gasteiger partial charge in [-0.3, -0.25) is 0 Å². The molecule has 0 amide bonds. The fraction of sp³-hybridized carbons (Fsp3) is 0.615. The molecular formula is C13H24N4. The molecule has 0 saturated carbocycles. The normalized spacial score (nSPS) is 11.1. The second kappa shape index (κ2) is 7.12. The molecule has 0 unspecified atom stereocenters. The number of nitrogens with one attached hydrogen (secondary N) is 1. The third-order valence-electron chi connectivity index (χ3n) is 2.91. The Bertz CT molecular complexity index is 308. The van der Waals surface area contributed by atoms with Gasteiger partial charge in [-0.2, -0.15) is 0 Å². The van der Waals surface area contributed by atoms with E-state index in [4.69, 9.17) is 5.73 Å².